The minimum Gasteiger partial charge on any atom is -0.457 e. The van der Waals surface area contributed by atoms with Gasteiger partial charge in [-0.05, 0) is 20.8 Å². The summed E-state index contributed by atoms with van der Waals surface area (Å²) in [5.74, 6) is -2.62. The smallest absolute Gasteiger partial charge is 0.422 e. The van der Waals surface area contributed by atoms with Crippen LogP contribution in [0.5, 0.6) is 0 Å². The van der Waals surface area contributed by atoms with E-state index in [2.05, 4.69) is 11.3 Å². The van der Waals surface area contributed by atoms with Gasteiger partial charge in [-0.1, -0.05) is 6.58 Å². The normalized spacial score (nSPS) is 11.9. The average Bonchev–Trinajstić information content (AvgIpc) is 2.08. The van der Waals surface area contributed by atoms with E-state index in [0.29, 0.717) is 0 Å². The highest BCUT2D eigenvalue weighted by Gasteiger charge is 2.38. The topological polar surface area (TPSA) is 52.6 Å². The SMILES string of the molecule is C=C(C(=O)OCC(=O)OC(C)(C)C)C(F)(F)F. The van der Waals surface area contributed by atoms with E-state index < -0.39 is 35.9 Å². The van der Waals surface area contributed by atoms with Gasteiger partial charge in [-0.15, -0.1) is 0 Å². The molecule has 0 spiro atoms. The monoisotopic (exact) mass is 254 g/mol. The molecule has 0 aromatic rings. The Balaban J connectivity index is 4.19. The van der Waals surface area contributed by atoms with Crippen molar-refractivity contribution < 1.29 is 32.2 Å². The molecule has 0 unspecified atom stereocenters. The summed E-state index contributed by atoms with van der Waals surface area (Å²) >= 11 is 0. The van der Waals surface area contributed by atoms with Gasteiger partial charge in [-0.25, -0.2) is 9.59 Å². The fourth-order valence-electron chi connectivity index (χ4n) is 0.698. The Kier molecular flexibility index (Phi) is 4.73. The van der Waals surface area contributed by atoms with Crippen LogP contribution in [0.1, 0.15) is 20.8 Å². The highest BCUT2D eigenvalue weighted by molar-refractivity contribution is 5.90. The molecule has 0 aromatic heterocycles. The van der Waals surface area contributed by atoms with Gasteiger partial charge in [0, 0.05) is 0 Å². The number of hydrogen-bond acceptors (Lipinski definition) is 4. The summed E-state index contributed by atoms with van der Waals surface area (Å²) < 4.78 is 44.8. The van der Waals surface area contributed by atoms with E-state index in [1.807, 2.05) is 0 Å². The summed E-state index contributed by atoms with van der Waals surface area (Å²) in [6, 6.07) is 0. The molecule has 0 saturated heterocycles. The zero-order valence-electron chi connectivity index (χ0n) is 9.68. The minimum atomic E-state index is -4.87. The third kappa shape index (κ3) is 6.60. The molecule has 0 aliphatic rings. The molecule has 4 nitrogen and oxygen atoms in total. The molecule has 0 atom stereocenters. The quantitative estimate of drug-likeness (QED) is 0.571. The molecule has 0 bridgehead atoms. The molecule has 0 heterocycles. The second-order valence-corrected chi connectivity index (χ2v) is 4.14. The number of rotatable bonds is 3. The van der Waals surface area contributed by atoms with Crippen molar-refractivity contribution in [3.8, 4) is 0 Å². The number of ether oxygens (including phenoxy) is 2. The molecule has 98 valence electrons. The molecule has 0 aliphatic heterocycles. The minimum absolute atomic E-state index is 0.801. The van der Waals surface area contributed by atoms with Gasteiger partial charge in [0.25, 0.3) is 0 Å². The van der Waals surface area contributed by atoms with E-state index in [-0.39, 0.29) is 0 Å². The molecule has 0 saturated carbocycles. The zero-order valence-corrected chi connectivity index (χ0v) is 9.68. The van der Waals surface area contributed by atoms with E-state index in [1.165, 1.54) is 0 Å². The van der Waals surface area contributed by atoms with Gasteiger partial charge in [0.15, 0.2) is 6.61 Å². The van der Waals surface area contributed by atoms with E-state index in [9.17, 15) is 22.8 Å². The average molecular weight is 254 g/mol. The lowest BCUT2D eigenvalue weighted by atomic mass is 10.2. The van der Waals surface area contributed by atoms with Crippen LogP contribution in [0.3, 0.4) is 0 Å². The van der Waals surface area contributed by atoms with Gasteiger partial charge in [0.05, 0.1) is 0 Å². The Hall–Kier alpha value is -1.53. The van der Waals surface area contributed by atoms with Crippen LogP contribution in [-0.4, -0.2) is 30.3 Å². The first-order valence-corrected chi connectivity index (χ1v) is 4.58. The van der Waals surface area contributed by atoms with Gasteiger partial charge >= 0.3 is 18.1 Å². The second-order valence-electron chi connectivity index (χ2n) is 4.14. The number of halogens is 3. The van der Waals surface area contributed by atoms with Crippen molar-refractivity contribution in [2.24, 2.45) is 0 Å². The molecule has 0 radical (unpaired) electrons. The number of carbonyl (C=O) groups excluding carboxylic acids is 2. The zero-order chi connectivity index (χ0) is 13.9. The van der Waals surface area contributed by atoms with Crippen molar-refractivity contribution in [2.75, 3.05) is 6.61 Å². The van der Waals surface area contributed by atoms with E-state index >= 15 is 0 Å². The van der Waals surface area contributed by atoms with Crippen LogP contribution in [-0.2, 0) is 19.1 Å². The van der Waals surface area contributed by atoms with E-state index in [1.54, 1.807) is 20.8 Å². The van der Waals surface area contributed by atoms with Crippen LogP contribution in [0.25, 0.3) is 0 Å². The Bertz CT molecular complexity index is 325. The molecule has 0 aromatic carbocycles. The Morgan fingerprint density at radius 1 is 1.18 bits per heavy atom. The van der Waals surface area contributed by atoms with Crippen molar-refractivity contribution in [2.45, 2.75) is 32.5 Å². The van der Waals surface area contributed by atoms with Crippen LogP contribution in [0.15, 0.2) is 12.2 Å². The first kappa shape index (κ1) is 15.5. The molecule has 7 heteroatoms. The molecular weight excluding hydrogens is 241 g/mol. The standard InChI is InChI=1S/C10H13F3O4/c1-6(10(11,12)13)8(15)16-5-7(14)17-9(2,3)4/h1,5H2,2-4H3. The third-order valence-electron chi connectivity index (χ3n) is 1.33. The maximum Gasteiger partial charge on any atom is 0.422 e. The number of esters is 2. The maximum atomic E-state index is 12.0. The molecule has 17 heavy (non-hydrogen) atoms. The highest BCUT2D eigenvalue weighted by atomic mass is 19.4. The van der Waals surface area contributed by atoms with Crippen LogP contribution < -0.4 is 0 Å². The van der Waals surface area contributed by atoms with Gasteiger partial charge in [0.2, 0.25) is 0 Å². The van der Waals surface area contributed by atoms with Crippen molar-refractivity contribution >= 4 is 11.9 Å². The number of alkyl halides is 3. The highest BCUT2D eigenvalue weighted by Crippen LogP contribution is 2.24. The number of hydrogen-bond donors (Lipinski definition) is 0. The first-order valence-electron chi connectivity index (χ1n) is 4.58. The second kappa shape index (κ2) is 5.20. The summed E-state index contributed by atoms with van der Waals surface area (Å²) in [4.78, 5) is 21.8. The summed E-state index contributed by atoms with van der Waals surface area (Å²) in [5.41, 5.74) is -2.47. The first-order chi connectivity index (χ1) is 7.43. The van der Waals surface area contributed by atoms with Crippen molar-refractivity contribution in [1.82, 2.24) is 0 Å². The van der Waals surface area contributed by atoms with Gasteiger partial charge in [-0.3, -0.25) is 0 Å². The van der Waals surface area contributed by atoms with Gasteiger partial charge < -0.3 is 9.47 Å². The third-order valence-corrected chi connectivity index (χ3v) is 1.33. The molecular formula is C10H13F3O4. The summed E-state index contributed by atoms with van der Waals surface area (Å²) in [6.07, 6.45) is -4.87. The van der Waals surface area contributed by atoms with Crippen molar-refractivity contribution in [1.29, 1.82) is 0 Å². The van der Waals surface area contributed by atoms with Crippen LogP contribution in [0, 0.1) is 0 Å². The summed E-state index contributed by atoms with van der Waals surface area (Å²) in [6.45, 7) is 6.36. The Labute approximate surface area is 96.4 Å². The lowest BCUT2D eigenvalue weighted by molar-refractivity contribution is -0.168. The summed E-state index contributed by atoms with van der Waals surface area (Å²) in [5, 5.41) is 0. The Morgan fingerprint density at radius 2 is 1.65 bits per heavy atom. The fourth-order valence-corrected chi connectivity index (χ4v) is 0.698. The largest absolute Gasteiger partial charge is 0.457 e. The van der Waals surface area contributed by atoms with Crippen molar-refractivity contribution in [3.05, 3.63) is 12.2 Å². The maximum absolute atomic E-state index is 12.0. The van der Waals surface area contributed by atoms with Crippen LogP contribution >= 0.6 is 0 Å². The Morgan fingerprint density at radius 3 is 2.00 bits per heavy atom. The molecule has 0 aliphatic carbocycles. The van der Waals surface area contributed by atoms with Crippen LogP contribution in [0.4, 0.5) is 13.2 Å². The van der Waals surface area contributed by atoms with Crippen LogP contribution in [0.2, 0.25) is 0 Å². The molecule has 0 amide bonds. The van der Waals surface area contributed by atoms with E-state index in [4.69, 9.17) is 4.74 Å². The summed E-state index contributed by atoms with van der Waals surface area (Å²) in [7, 11) is 0. The van der Waals surface area contributed by atoms with Gasteiger partial charge in [0.1, 0.15) is 11.2 Å². The van der Waals surface area contributed by atoms with Crippen molar-refractivity contribution in [3.63, 3.8) is 0 Å². The number of carbonyl (C=O) groups is 2. The molecule has 0 N–H and O–H groups in total. The lowest BCUT2D eigenvalue weighted by Gasteiger charge is -2.19. The lowest BCUT2D eigenvalue weighted by Crippen LogP contribution is -2.29. The molecule has 0 fully saturated rings. The van der Waals surface area contributed by atoms with E-state index in [0.717, 1.165) is 0 Å². The predicted molar refractivity (Wildman–Crippen MR) is 52.0 cm³/mol. The predicted octanol–water partition coefficient (Wildman–Crippen LogP) is 1.99. The molecule has 0 rings (SSSR count). The fraction of sp³-hybridized carbons (Fsp3) is 0.600. The van der Waals surface area contributed by atoms with Gasteiger partial charge in [-0.2, -0.15) is 13.2 Å².